The standard InChI is InChI=1S/C19H22N4O2/c1-4-16(13(2)3)21-19(25)22-17-9-10-23(18(17)24)12-15-7-5-14(11-20)6-8-15/h1,5-8,13,16-17H,9-10,12H2,2-3H3,(H2,21,22,25)/t16-,17+/m0/s1. The Morgan fingerprint density at radius 1 is 1.40 bits per heavy atom. The molecule has 0 aromatic heterocycles. The molecular formula is C19H22N4O2. The third-order valence-corrected chi connectivity index (χ3v) is 4.19. The molecule has 2 rings (SSSR count). The second kappa shape index (κ2) is 8.21. The van der Waals surface area contributed by atoms with Gasteiger partial charge >= 0.3 is 6.03 Å². The van der Waals surface area contributed by atoms with E-state index in [0.717, 1.165) is 5.56 Å². The van der Waals surface area contributed by atoms with Crippen LogP contribution in [-0.4, -0.2) is 35.5 Å². The van der Waals surface area contributed by atoms with Gasteiger partial charge in [0.15, 0.2) is 0 Å². The first-order valence-electron chi connectivity index (χ1n) is 8.25. The molecule has 1 aromatic rings. The molecule has 1 fully saturated rings. The van der Waals surface area contributed by atoms with Crippen LogP contribution in [0.15, 0.2) is 24.3 Å². The fourth-order valence-electron chi connectivity index (χ4n) is 2.68. The molecule has 0 aliphatic carbocycles. The second-order valence-electron chi connectivity index (χ2n) is 6.42. The molecule has 0 bridgehead atoms. The lowest BCUT2D eigenvalue weighted by Gasteiger charge is -2.20. The summed E-state index contributed by atoms with van der Waals surface area (Å²) in [7, 11) is 0. The van der Waals surface area contributed by atoms with E-state index in [-0.39, 0.29) is 17.9 Å². The molecule has 0 saturated carbocycles. The summed E-state index contributed by atoms with van der Waals surface area (Å²) >= 11 is 0. The molecule has 3 amide bonds. The van der Waals surface area contributed by atoms with Crippen LogP contribution in [0.1, 0.15) is 31.4 Å². The van der Waals surface area contributed by atoms with Gasteiger partial charge < -0.3 is 15.5 Å². The van der Waals surface area contributed by atoms with E-state index in [0.29, 0.717) is 25.1 Å². The fraction of sp³-hybridized carbons (Fsp3) is 0.421. The minimum atomic E-state index is -0.538. The summed E-state index contributed by atoms with van der Waals surface area (Å²) < 4.78 is 0. The number of carbonyl (C=O) groups excluding carboxylic acids is 2. The molecule has 6 heteroatoms. The predicted molar refractivity (Wildman–Crippen MR) is 94.1 cm³/mol. The lowest BCUT2D eigenvalue weighted by molar-refractivity contribution is -0.129. The Labute approximate surface area is 148 Å². The minimum Gasteiger partial charge on any atom is -0.336 e. The number of nitriles is 1. The maximum Gasteiger partial charge on any atom is 0.316 e. The molecule has 2 N–H and O–H groups in total. The number of terminal acetylenes is 1. The normalized spacial score (nSPS) is 17.7. The Morgan fingerprint density at radius 2 is 2.08 bits per heavy atom. The van der Waals surface area contributed by atoms with Crippen LogP contribution in [0.4, 0.5) is 4.79 Å². The van der Waals surface area contributed by atoms with Crippen LogP contribution in [0, 0.1) is 29.6 Å². The number of nitrogens with one attached hydrogen (secondary N) is 2. The van der Waals surface area contributed by atoms with E-state index in [2.05, 4.69) is 22.6 Å². The first-order chi connectivity index (χ1) is 11.9. The van der Waals surface area contributed by atoms with Crippen molar-refractivity contribution in [3.05, 3.63) is 35.4 Å². The van der Waals surface area contributed by atoms with Gasteiger partial charge in [0.25, 0.3) is 0 Å². The number of nitrogens with zero attached hydrogens (tertiary/aromatic N) is 2. The van der Waals surface area contributed by atoms with Crippen LogP contribution in [0.5, 0.6) is 0 Å². The highest BCUT2D eigenvalue weighted by Gasteiger charge is 2.33. The highest BCUT2D eigenvalue weighted by Crippen LogP contribution is 2.15. The van der Waals surface area contributed by atoms with Gasteiger partial charge in [0.2, 0.25) is 5.91 Å². The zero-order valence-corrected chi connectivity index (χ0v) is 14.5. The summed E-state index contributed by atoms with van der Waals surface area (Å²) in [6.07, 6.45) is 5.96. The van der Waals surface area contributed by atoms with Crippen molar-refractivity contribution in [1.29, 1.82) is 5.26 Å². The van der Waals surface area contributed by atoms with Crippen LogP contribution in [0.25, 0.3) is 0 Å². The van der Waals surface area contributed by atoms with Gasteiger partial charge in [0.1, 0.15) is 6.04 Å². The van der Waals surface area contributed by atoms with Gasteiger partial charge in [0, 0.05) is 13.1 Å². The summed E-state index contributed by atoms with van der Waals surface area (Å²) in [5, 5.41) is 14.2. The molecule has 0 spiro atoms. The predicted octanol–water partition coefficient (Wildman–Crippen LogP) is 1.62. The SMILES string of the molecule is C#C[C@H](NC(=O)N[C@@H]1CCN(Cc2ccc(C#N)cc2)C1=O)C(C)C. The van der Waals surface area contributed by atoms with Crippen LogP contribution in [0.2, 0.25) is 0 Å². The van der Waals surface area contributed by atoms with Gasteiger partial charge in [-0.2, -0.15) is 5.26 Å². The van der Waals surface area contributed by atoms with Crippen molar-refractivity contribution in [3.63, 3.8) is 0 Å². The zero-order valence-electron chi connectivity index (χ0n) is 14.5. The molecule has 0 radical (unpaired) electrons. The van der Waals surface area contributed by atoms with Crippen molar-refractivity contribution < 1.29 is 9.59 Å². The van der Waals surface area contributed by atoms with Crippen molar-refractivity contribution in [2.75, 3.05) is 6.54 Å². The summed E-state index contributed by atoms with van der Waals surface area (Å²) in [4.78, 5) is 26.2. The zero-order chi connectivity index (χ0) is 18.4. The average molecular weight is 338 g/mol. The number of benzene rings is 1. The summed E-state index contributed by atoms with van der Waals surface area (Å²) in [6.45, 7) is 4.88. The highest BCUT2D eigenvalue weighted by atomic mass is 16.2. The second-order valence-corrected chi connectivity index (χ2v) is 6.42. The number of hydrogen-bond donors (Lipinski definition) is 2. The van der Waals surface area contributed by atoms with Gasteiger partial charge in [0.05, 0.1) is 17.7 Å². The van der Waals surface area contributed by atoms with Crippen LogP contribution in [-0.2, 0) is 11.3 Å². The van der Waals surface area contributed by atoms with Gasteiger partial charge in [-0.25, -0.2) is 4.79 Å². The molecule has 2 atom stereocenters. The Bertz CT molecular complexity index is 712. The Morgan fingerprint density at radius 3 is 2.64 bits per heavy atom. The number of urea groups is 1. The molecule has 1 aromatic carbocycles. The molecule has 0 unspecified atom stereocenters. The first-order valence-corrected chi connectivity index (χ1v) is 8.25. The van der Waals surface area contributed by atoms with Crippen LogP contribution in [0.3, 0.4) is 0 Å². The third kappa shape index (κ3) is 4.74. The van der Waals surface area contributed by atoms with Crippen LogP contribution >= 0.6 is 0 Å². The molecule has 130 valence electrons. The maximum atomic E-state index is 12.4. The molecule has 6 nitrogen and oxygen atoms in total. The number of hydrogen-bond acceptors (Lipinski definition) is 3. The van der Waals surface area contributed by atoms with E-state index < -0.39 is 12.1 Å². The van der Waals surface area contributed by atoms with Crippen molar-refractivity contribution in [1.82, 2.24) is 15.5 Å². The van der Waals surface area contributed by atoms with E-state index in [1.54, 1.807) is 17.0 Å². The number of carbonyl (C=O) groups is 2. The van der Waals surface area contributed by atoms with E-state index in [9.17, 15) is 9.59 Å². The molecular weight excluding hydrogens is 316 g/mol. The van der Waals surface area contributed by atoms with Crippen molar-refractivity contribution in [2.45, 2.75) is 38.9 Å². The number of amides is 3. The Balaban J connectivity index is 1.89. The lowest BCUT2D eigenvalue weighted by atomic mass is 10.1. The van der Waals surface area contributed by atoms with E-state index in [1.165, 1.54) is 0 Å². The summed E-state index contributed by atoms with van der Waals surface area (Å²) in [5.41, 5.74) is 1.53. The minimum absolute atomic E-state index is 0.110. The van der Waals surface area contributed by atoms with E-state index >= 15 is 0 Å². The van der Waals surface area contributed by atoms with Crippen molar-refractivity contribution in [3.8, 4) is 18.4 Å². The molecule has 1 aliphatic heterocycles. The lowest BCUT2D eigenvalue weighted by Crippen LogP contribution is -2.49. The molecule has 1 aliphatic rings. The Hall–Kier alpha value is -2.99. The number of rotatable bonds is 5. The van der Waals surface area contributed by atoms with Crippen molar-refractivity contribution in [2.24, 2.45) is 5.92 Å². The third-order valence-electron chi connectivity index (χ3n) is 4.19. The Kier molecular flexibility index (Phi) is 6.03. The van der Waals surface area contributed by atoms with E-state index in [1.807, 2.05) is 26.0 Å². The fourth-order valence-corrected chi connectivity index (χ4v) is 2.68. The maximum absolute atomic E-state index is 12.4. The van der Waals surface area contributed by atoms with Gasteiger partial charge in [-0.15, -0.1) is 6.42 Å². The van der Waals surface area contributed by atoms with Gasteiger partial charge in [-0.3, -0.25) is 4.79 Å². The van der Waals surface area contributed by atoms with Crippen LogP contribution < -0.4 is 10.6 Å². The summed E-state index contributed by atoms with van der Waals surface area (Å²) in [6, 6.07) is 7.86. The highest BCUT2D eigenvalue weighted by molar-refractivity contribution is 5.88. The average Bonchev–Trinajstić information content (AvgIpc) is 2.93. The first kappa shape index (κ1) is 18.4. The van der Waals surface area contributed by atoms with Crippen molar-refractivity contribution >= 4 is 11.9 Å². The van der Waals surface area contributed by atoms with Gasteiger partial charge in [-0.05, 0) is 30.0 Å². The monoisotopic (exact) mass is 338 g/mol. The molecule has 1 saturated heterocycles. The van der Waals surface area contributed by atoms with Gasteiger partial charge in [-0.1, -0.05) is 31.9 Å². The quantitative estimate of drug-likeness (QED) is 0.800. The smallest absolute Gasteiger partial charge is 0.316 e. The topological polar surface area (TPSA) is 85.2 Å². The van der Waals surface area contributed by atoms with E-state index in [4.69, 9.17) is 11.7 Å². The molecule has 25 heavy (non-hydrogen) atoms. The summed E-state index contributed by atoms with van der Waals surface area (Å²) in [5.74, 6) is 2.53. The number of likely N-dealkylation sites (tertiary alicyclic amines) is 1. The largest absolute Gasteiger partial charge is 0.336 e. The molecule has 1 heterocycles.